The average molecular weight is 271 g/mol. The predicted molar refractivity (Wildman–Crippen MR) is 71.7 cm³/mol. The maximum Gasteiger partial charge on any atom is 0.407 e. The molecule has 0 radical (unpaired) electrons. The Hall–Kier alpha value is -1.26. The van der Waals surface area contributed by atoms with Crippen LogP contribution in [0.3, 0.4) is 0 Å². The van der Waals surface area contributed by atoms with Gasteiger partial charge in [-0.3, -0.25) is 4.79 Å². The highest BCUT2D eigenvalue weighted by Crippen LogP contribution is 2.30. The standard InChI is InChI=1S/C14H25NO4/c1-14(2,3)19-13(17)15-9-10-7-5-6-8-11(10)12(16)18-4/h10-11H,5-9H2,1-4H3,(H,15,17). The van der Waals surface area contributed by atoms with Crippen molar-refractivity contribution in [1.82, 2.24) is 5.32 Å². The molecule has 1 amide bonds. The third kappa shape index (κ3) is 5.49. The van der Waals surface area contributed by atoms with Crippen molar-refractivity contribution in [1.29, 1.82) is 0 Å². The quantitative estimate of drug-likeness (QED) is 0.801. The molecule has 2 atom stereocenters. The minimum Gasteiger partial charge on any atom is -0.469 e. The van der Waals surface area contributed by atoms with Crippen molar-refractivity contribution in [2.45, 2.75) is 52.1 Å². The first-order valence-corrected chi connectivity index (χ1v) is 6.88. The van der Waals surface area contributed by atoms with E-state index in [1.807, 2.05) is 20.8 Å². The van der Waals surface area contributed by atoms with Crippen molar-refractivity contribution in [3.05, 3.63) is 0 Å². The van der Waals surface area contributed by atoms with Crippen molar-refractivity contribution < 1.29 is 19.1 Å². The number of nitrogens with one attached hydrogen (secondary N) is 1. The zero-order valence-electron chi connectivity index (χ0n) is 12.3. The summed E-state index contributed by atoms with van der Waals surface area (Å²) in [6.45, 7) is 5.94. The summed E-state index contributed by atoms with van der Waals surface area (Å²) in [4.78, 5) is 23.3. The zero-order valence-corrected chi connectivity index (χ0v) is 12.3. The summed E-state index contributed by atoms with van der Waals surface area (Å²) in [6, 6.07) is 0. The first-order chi connectivity index (χ1) is 8.83. The van der Waals surface area contributed by atoms with Crippen LogP contribution < -0.4 is 5.32 Å². The largest absolute Gasteiger partial charge is 0.469 e. The molecule has 1 rings (SSSR count). The van der Waals surface area contributed by atoms with E-state index in [9.17, 15) is 9.59 Å². The van der Waals surface area contributed by atoms with E-state index in [1.54, 1.807) is 0 Å². The van der Waals surface area contributed by atoms with Gasteiger partial charge >= 0.3 is 12.1 Å². The number of alkyl carbamates (subject to hydrolysis) is 1. The second-order valence-corrected chi connectivity index (χ2v) is 6.06. The van der Waals surface area contributed by atoms with Crippen molar-refractivity contribution in [3.63, 3.8) is 0 Å². The fourth-order valence-electron chi connectivity index (χ4n) is 2.44. The number of methoxy groups -OCH3 is 1. The Morgan fingerprint density at radius 2 is 1.84 bits per heavy atom. The van der Waals surface area contributed by atoms with Crippen LogP contribution in [0.1, 0.15) is 46.5 Å². The number of hydrogen-bond acceptors (Lipinski definition) is 4. The van der Waals surface area contributed by atoms with Gasteiger partial charge in [0.2, 0.25) is 0 Å². The molecule has 0 heterocycles. The molecule has 19 heavy (non-hydrogen) atoms. The topological polar surface area (TPSA) is 64.6 Å². The number of rotatable bonds is 3. The third-order valence-corrected chi connectivity index (χ3v) is 3.32. The van der Waals surface area contributed by atoms with Crippen molar-refractivity contribution in [3.8, 4) is 0 Å². The molecule has 0 aromatic rings. The van der Waals surface area contributed by atoms with Crippen LogP contribution in [0.2, 0.25) is 0 Å². The molecule has 5 heteroatoms. The van der Waals surface area contributed by atoms with E-state index in [-0.39, 0.29) is 17.8 Å². The normalized spacial score (nSPS) is 23.6. The van der Waals surface area contributed by atoms with E-state index in [1.165, 1.54) is 7.11 Å². The molecule has 0 spiro atoms. The molecule has 0 aromatic carbocycles. The van der Waals surface area contributed by atoms with Crippen LogP contribution in [0.4, 0.5) is 4.79 Å². The molecular weight excluding hydrogens is 246 g/mol. The maximum atomic E-state index is 11.7. The number of ether oxygens (including phenoxy) is 2. The molecule has 0 aromatic heterocycles. The molecular formula is C14H25NO4. The summed E-state index contributed by atoms with van der Waals surface area (Å²) >= 11 is 0. The lowest BCUT2D eigenvalue weighted by Crippen LogP contribution is -2.39. The van der Waals surface area contributed by atoms with Gasteiger partial charge in [-0.1, -0.05) is 12.8 Å². The van der Waals surface area contributed by atoms with Crippen LogP contribution in [0.5, 0.6) is 0 Å². The minimum absolute atomic E-state index is 0.103. The van der Waals surface area contributed by atoms with Crippen LogP contribution in [0.25, 0.3) is 0 Å². The van der Waals surface area contributed by atoms with Gasteiger partial charge in [0.25, 0.3) is 0 Å². The minimum atomic E-state index is -0.502. The van der Waals surface area contributed by atoms with Gasteiger partial charge in [0.15, 0.2) is 0 Å². The fraction of sp³-hybridized carbons (Fsp3) is 0.857. The number of carbonyl (C=O) groups excluding carboxylic acids is 2. The highest BCUT2D eigenvalue weighted by atomic mass is 16.6. The summed E-state index contributed by atoms with van der Waals surface area (Å²) < 4.78 is 10.0. The summed E-state index contributed by atoms with van der Waals surface area (Å²) in [7, 11) is 1.41. The maximum absolute atomic E-state index is 11.7. The smallest absolute Gasteiger partial charge is 0.407 e. The molecule has 2 unspecified atom stereocenters. The molecule has 1 aliphatic carbocycles. The van der Waals surface area contributed by atoms with E-state index in [4.69, 9.17) is 9.47 Å². The molecule has 0 bridgehead atoms. The highest BCUT2D eigenvalue weighted by Gasteiger charge is 2.32. The Balaban J connectivity index is 2.45. The van der Waals surface area contributed by atoms with Gasteiger partial charge in [-0.25, -0.2) is 4.79 Å². The van der Waals surface area contributed by atoms with Crippen LogP contribution in [0.15, 0.2) is 0 Å². The molecule has 1 saturated carbocycles. The summed E-state index contributed by atoms with van der Waals surface area (Å²) in [5.74, 6) is -0.127. The Kier molecular flexibility index (Phi) is 5.63. The van der Waals surface area contributed by atoms with Crippen LogP contribution in [-0.2, 0) is 14.3 Å². The van der Waals surface area contributed by atoms with Crippen molar-refractivity contribution in [2.75, 3.05) is 13.7 Å². The van der Waals surface area contributed by atoms with E-state index in [0.29, 0.717) is 6.54 Å². The van der Waals surface area contributed by atoms with Gasteiger partial charge in [0.1, 0.15) is 5.60 Å². The summed E-state index contributed by atoms with van der Waals surface area (Å²) in [6.07, 6.45) is 3.49. The molecule has 0 saturated heterocycles. The van der Waals surface area contributed by atoms with Gasteiger partial charge < -0.3 is 14.8 Å². The van der Waals surface area contributed by atoms with Crippen molar-refractivity contribution >= 4 is 12.1 Å². The monoisotopic (exact) mass is 271 g/mol. The van der Waals surface area contributed by atoms with E-state index >= 15 is 0 Å². The lowest BCUT2D eigenvalue weighted by atomic mass is 9.79. The average Bonchev–Trinajstić information content (AvgIpc) is 2.33. The van der Waals surface area contributed by atoms with Gasteiger partial charge in [0.05, 0.1) is 13.0 Å². The molecule has 1 aliphatic rings. The first-order valence-electron chi connectivity index (χ1n) is 6.88. The highest BCUT2D eigenvalue weighted by molar-refractivity contribution is 5.73. The van der Waals surface area contributed by atoms with Gasteiger partial charge in [-0.15, -0.1) is 0 Å². The number of hydrogen-bond donors (Lipinski definition) is 1. The second-order valence-electron chi connectivity index (χ2n) is 6.06. The SMILES string of the molecule is COC(=O)C1CCCCC1CNC(=O)OC(C)(C)C. The van der Waals surface area contributed by atoms with Crippen LogP contribution in [-0.4, -0.2) is 31.3 Å². The molecule has 1 fully saturated rings. The third-order valence-electron chi connectivity index (χ3n) is 3.32. The number of carbonyl (C=O) groups is 2. The Labute approximate surface area is 115 Å². The molecule has 110 valence electrons. The molecule has 0 aliphatic heterocycles. The van der Waals surface area contributed by atoms with Crippen LogP contribution >= 0.6 is 0 Å². The summed E-state index contributed by atoms with van der Waals surface area (Å²) in [5, 5.41) is 2.75. The van der Waals surface area contributed by atoms with E-state index in [0.717, 1.165) is 25.7 Å². The van der Waals surface area contributed by atoms with Crippen LogP contribution in [0, 0.1) is 11.8 Å². The van der Waals surface area contributed by atoms with Gasteiger partial charge in [0, 0.05) is 6.54 Å². The first kappa shape index (κ1) is 15.8. The summed E-state index contributed by atoms with van der Waals surface area (Å²) in [5.41, 5.74) is -0.502. The Morgan fingerprint density at radius 1 is 1.21 bits per heavy atom. The second kappa shape index (κ2) is 6.78. The zero-order chi connectivity index (χ0) is 14.5. The lowest BCUT2D eigenvalue weighted by Gasteiger charge is -2.30. The predicted octanol–water partition coefficient (Wildman–Crippen LogP) is 2.49. The lowest BCUT2D eigenvalue weighted by molar-refractivity contribution is -0.148. The van der Waals surface area contributed by atoms with Gasteiger partial charge in [-0.2, -0.15) is 0 Å². The van der Waals surface area contributed by atoms with Crippen molar-refractivity contribution in [2.24, 2.45) is 11.8 Å². The Morgan fingerprint density at radius 3 is 2.42 bits per heavy atom. The van der Waals surface area contributed by atoms with E-state index < -0.39 is 11.7 Å². The molecule has 5 nitrogen and oxygen atoms in total. The molecule has 1 N–H and O–H groups in total. The number of esters is 1. The fourth-order valence-corrected chi connectivity index (χ4v) is 2.44. The van der Waals surface area contributed by atoms with E-state index in [2.05, 4.69) is 5.32 Å². The number of amides is 1. The Bertz CT molecular complexity index is 322. The van der Waals surface area contributed by atoms with Gasteiger partial charge in [-0.05, 0) is 39.5 Å².